The number of carboxylic acids is 1. The summed E-state index contributed by atoms with van der Waals surface area (Å²) in [6.07, 6.45) is 9.92. The molecule has 0 aromatic carbocycles. The summed E-state index contributed by atoms with van der Waals surface area (Å²) in [5, 5.41) is 21.6. The summed E-state index contributed by atoms with van der Waals surface area (Å²) in [6, 6.07) is 0. The van der Waals surface area contributed by atoms with Crippen LogP contribution < -0.4 is 0 Å². The number of ether oxygens (including phenoxy) is 1. The number of aliphatic hydroxyl groups excluding tert-OH is 1. The van der Waals surface area contributed by atoms with Gasteiger partial charge < -0.3 is 14.9 Å². The summed E-state index contributed by atoms with van der Waals surface area (Å²) in [4.78, 5) is 12.9. The fourth-order valence-electron chi connectivity index (χ4n) is 11.6. The van der Waals surface area contributed by atoms with Gasteiger partial charge in [0.15, 0.2) is 0 Å². The zero-order valence-corrected chi connectivity index (χ0v) is 23.7. The molecule has 0 spiro atoms. The van der Waals surface area contributed by atoms with Crippen molar-refractivity contribution in [3.8, 4) is 0 Å². The first-order valence-corrected chi connectivity index (χ1v) is 14.5. The number of carbonyl (C=O) groups is 1. The van der Waals surface area contributed by atoms with Gasteiger partial charge in [-0.25, -0.2) is 0 Å². The van der Waals surface area contributed by atoms with E-state index in [1.807, 2.05) is 7.11 Å². The molecule has 35 heavy (non-hydrogen) atoms. The Morgan fingerprint density at radius 2 is 1.49 bits per heavy atom. The quantitative estimate of drug-likeness (QED) is 0.442. The zero-order valence-electron chi connectivity index (χ0n) is 23.7. The normalized spacial score (nSPS) is 54.5. The van der Waals surface area contributed by atoms with E-state index in [-0.39, 0.29) is 45.2 Å². The van der Waals surface area contributed by atoms with Gasteiger partial charge in [0.05, 0.1) is 17.6 Å². The molecule has 0 aromatic heterocycles. The van der Waals surface area contributed by atoms with E-state index in [0.29, 0.717) is 17.8 Å². The standard InChI is InChI=1S/C31H52O4/c1-26(2)13-15-31(25(33)34)16-14-30(7)24(19(31)18-26)20(35-8)17-22-28(5)11-10-23(32)27(3,4)21(28)9-12-29(22,30)6/h19-24,32H,9-18H2,1-8H3,(H,33,34)/t19-,20+,21-,22+,23-,24?,28-,29+,30+,31-/m0/s1. The van der Waals surface area contributed by atoms with Crippen molar-refractivity contribution in [1.82, 2.24) is 0 Å². The summed E-state index contributed by atoms with van der Waals surface area (Å²) < 4.78 is 6.42. The first-order chi connectivity index (χ1) is 16.1. The SMILES string of the molecule is CO[C@@H]1C[C@@H]2[C@@]3(C)CC[C@H](O)C(C)(C)[C@@H]3CC[C@@]2(C)[C@]2(C)CC[C@@]3(C(=O)O)CCC(C)(C)C[C@H]3C12. The molecule has 0 radical (unpaired) electrons. The molecule has 1 unspecified atom stereocenters. The second-order valence-electron chi connectivity index (χ2n) is 15.8. The maximum atomic E-state index is 12.9. The highest BCUT2D eigenvalue weighted by Gasteiger charge is 2.73. The van der Waals surface area contributed by atoms with E-state index in [0.717, 1.165) is 51.4 Å². The summed E-state index contributed by atoms with van der Waals surface area (Å²) in [5.74, 6) is 0.979. The number of fused-ring (bicyclic) bond motifs is 7. The van der Waals surface area contributed by atoms with Crippen molar-refractivity contribution >= 4 is 5.97 Å². The van der Waals surface area contributed by atoms with E-state index in [2.05, 4.69) is 48.5 Å². The van der Waals surface area contributed by atoms with Crippen LogP contribution in [0.15, 0.2) is 0 Å². The Labute approximate surface area is 214 Å². The number of hydrogen-bond acceptors (Lipinski definition) is 3. The van der Waals surface area contributed by atoms with Crippen LogP contribution in [-0.4, -0.2) is 35.5 Å². The lowest BCUT2D eigenvalue weighted by molar-refractivity contribution is -0.281. The van der Waals surface area contributed by atoms with E-state index in [9.17, 15) is 15.0 Å². The summed E-state index contributed by atoms with van der Waals surface area (Å²) >= 11 is 0. The summed E-state index contributed by atoms with van der Waals surface area (Å²) in [5.41, 5.74) is -0.0338. The maximum absolute atomic E-state index is 12.9. The molecular weight excluding hydrogens is 436 g/mol. The Kier molecular flexibility index (Phi) is 5.73. The molecule has 5 aliphatic carbocycles. The second-order valence-corrected chi connectivity index (χ2v) is 15.8. The number of aliphatic hydroxyl groups is 1. The maximum Gasteiger partial charge on any atom is 0.309 e. The van der Waals surface area contributed by atoms with Crippen LogP contribution in [0, 0.1) is 56.2 Å². The van der Waals surface area contributed by atoms with Crippen molar-refractivity contribution < 1.29 is 19.7 Å². The average Bonchev–Trinajstić information content (AvgIpc) is 2.76. The van der Waals surface area contributed by atoms with Gasteiger partial charge in [-0.05, 0) is 115 Å². The average molecular weight is 489 g/mol. The molecule has 5 rings (SSSR count). The predicted octanol–water partition coefficient (Wildman–Crippen LogP) is 6.94. The highest BCUT2D eigenvalue weighted by Crippen LogP contribution is 2.77. The van der Waals surface area contributed by atoms with Crippen molar-refractivity contribution in [2.24, 2.45) is 56.2 Å². The third kappa shape index (κ3) is 3.20. The van der Waals surface area contributed by atoms with Crippen LogP contribution in [0.5, 0.6) is 0 Å². The van der Waals surface area contributed by atoms with Crippen LogP contribution in [0.2, 0.25) is 0 Å². The molecule has 5 fully saturated rings. The van der Waals surface area contributed by atoms with Gasteiger partial charge in [0, 0.05) is 7.11 Å². The molecule has 200 valence electrons. The van der Waals surface area contributed by atoms with Gasteiger partial charge in [-0.1, -0.05) is 48.5 Å². The van der Waals surface area contributed by atoms with Crippen LogP contribution in [0.3, 0.4) is 0 Å². The van der Waals surface area contributed by atoms with Gasteiger partial charge in [0.1, 0.15) is 0 Å². The largest absolute Gasteiger partial charge is 0.481 e. The Balaban J connectivity index is 1.61. The topological polar surface area (TPSA) is 66.8 Å². The highest BCUT2D eigenvalue weighted by atomic mass is 16.5. The van der Waals surface area contributed by atoms with Gasteiger partial charge in [0.2, 0.25) is 0 Å². The second kappa shape index (κ2) is 7.71. The molecule has 0 saturated heterocycles. The molecule has 5 aliphatic rings. The smallest absolute Gasteiger partial charge is 0.309 e. The van der Waals surface area contributed by atoms with Gasteiger partial charge in [-0.2, -0.15) is 0 Å². The number of aliphatic carboxylic acids is 1. The molecule has 5 saturated carbocycles. The van der Waals surface area contributed by atoms with Crippen molar-refractivity contribution in [2.75, 3.05) is 7.11 Å². The lowest BCUT2D eigenvalue weighted by Crippen LogP contribution is -2.70. The molecule has 0 aromatic rings. The molecule has 0 bridgehead atoms. The lowest BCUT2D eigenvalue weighted by Gasteiger charge is -2.74. The third-order valence-electron chi connectivity index (χ3n) is 13.9. The van der Waals surface area contributed by atoms with E-state index >= 15 is 0 Å². The third-order valence-corrected chi connectivity index (χ3v) is 13.9. The molecular formula is C31H52O4. The highest BCUT2D eigenvalue weighted by molar-refractivity contribution is 5.75. The Morgan fingerprint density at radius 1 is 0.829 bits per heavy atom. The molecule has 0 aliphatic heterocycles. The molecule has 0 heterocycles. The first-order valence-electron chi connectivity index (χ1n) is 14.5. The first kappa shape index (κ1) is 26.0. The van der Waals surface area contributed by atoms with Crippen LogP contribution >= 0.6 is 0 Å². The Morgan fingerprint density at radius 3 is 2.11 bits per heavy atom. The van der Waals surface area contributed by atoms with Gasteiger partial charge in [-0.3, -0.25) is 4.79 Å². The Bertz CT molecular complexity index is 879. The van der Waals surface area contributed by atoms with Crippen molar-refractivity contribution in [1.29, 1.82) is 0 Å². The minimum absolute atomic E-state index is 0.0624. The van der Waals surface area contributed by atoms with E-state index in [1.165, 1.54) is 12.8 Å². The van der Waals surface area contributed by atoms with Crippen LogP contribution in [0.25, 0.3) is 0 Å². The minimum Gasteiger partial charge on any atom is -0.481 e. The van der Waals surface area contributed by atoms with E-state index < -0.39 is 11.4 Å². The van der Waals surface area contributed by atoms with Crippen LogP contribution in [0.4, 0.5) is 0 Å². The molecule has 4 heteroatoms. The number of hydrogen-bond donors (Lipinski definition) is 2. The molecule has 2 N–H and O–H groups in total. The summed E-state index contributed by atoms with van der Waals surface area (Å²) in [6.45, 7) is 17.0. The molecule has 0 amide bonds. The lowest BCUT2D eigenvalue weighted by atomic mass is 9.31. The van der Waals surface area contributed by atoms with Crippen LogP contribution in [0.1, 0.15) is 113 Å². The summed E-state index contributed by atoms with van der Waals surface area (Å²) in [7, 11) is 1.88. The van der Waals surface area contributed by atoms with Crippen molar-refractivity contribution in [3.05, 3.63) is 0 Å². The van der Waals surface area contributed by atoms with Crippen LogP contribution in [-0.2, 0) is 9.53 Å². The zero-order chi connectivity index (χ0) is 25.8. The number of carboxylic acid groups (broad SMARTS) is 1. The minimum atomic E-state index is -0.586. The molecule has 4 nitrogen and oxygen atoms in total. The van der Waals surface area contributed by atoms with Crippen molar-refractivity contribution in [3.63, 3.8) is 0 Å². The number of methoxy groups -OCH3 is 1. The monoisotopic (exact) mass is 488 g/mol. The van der Waals surface area contributed by atoms with E-state index in [1.54, 1.807) is 0 Å². The fourth-order valence-corrected chi connectivity index (χ4v) is 11.6. The Hall–Kier alpha value is -0.610. The van der Waals surface area contributed by atoms with Gasteiger partial charge >= 0.3 is 5.97 Å². The van der Waals surface area contributed by atoms with Crippen molar-refractivity contribution in [2.45, 2.75) is 125 Å². The predicted molar refractivity (Wildman–Crippen MR) is 139 cm³/mol. The molecule has 10 atom stereocenters. The van der Waals surface area contributed by atoms with Gasteiger partial charge in [-0.15, -0.1) is 0 Å². The van der Waals surface area contributed by atoms with E-state index in [4.69, 9.17) is 4.74 Å². The van der Waals surface area contributed by atoms with Gasteiger partial charge in [0.25, 0.3) is 0 Å². The number of rotatable bonds is 2. The fraction of sp³-hybridized carbons (Fsp3) is 0.968.